The van der Waals surface area contributed by atoms with Crippen molar-refractivity contribution in [3.63, 3.8) is 0 Å². The van der Waals surface area contributed by atoms with Gasteiger partial charge in [-0.1, -0.05) is 24.2 Å². The molecule has 0 saturated carbocycles. The van der Waals surface area contributed by atoms with Crippen LogP contribution in [0.5, 0.6) is 0 Å². The molecule has 0 radical (unpaired) electrons. The lowest BCUT2D eigenvalue weighted by Gasteiger charge is -2.32. The summed E-state index contributed by atoms with van der Waals surface area (Å²) in [6.07, 6.45) is 1.44. The molecule has 2 saturated heterocycles. The predicted molar refractivity (Wildman–Crippen MR) is 85.0 cm³/mol. The molecule has 2 heterocycles. The van der Waals surface area contributed by atoms with Crippen LogP contribution < -0.4 is 5.46 Å². The van der Waals surface area contributed by atoms with Crippen molar-refractivity contribution >= 4 is 12.6 Å². The first kappa shape index (κ1) is 10.8. The van der Waals surface area contributed by atoms with E-state index in [-0.39, 0.29) is 35.6 Å². The van der Waals surface area contributed by atoms with E-state index in [0.29, 0.717) is 18.8 Å². The third-order valence-electron chi connectivity index (χ3n) is 4.78. The summed E-state index contributed by atoms with van der Waals surface area (Å²) in [5.74, 6) is -0.000349. The SMILES string of the molecule is [2H]c1c([2H])c(B2OC(C)(C)C(C)(C)O2)c([2H])c(C2CCOCC2)c1[2H]. The Bertz CT molecular complexity index is 671. The molecule has 0 aromatic heterocycles. The molecule has 4 heteroatoms. The van der Waals surface area contributed by atoms with Gasteiger partial charge in [0, 0.05) is 13.2 Å². The molecule has 0 atom stereocenters. The van der Waals surface area contributed by atoms with Crippen LogP contribution in [0, 0.1) is 0 Å². The van der Waals surface area contributed by atoms with E-state index in [2.05, 4.69) is 0 Å². The van der Waals surface area contributed by atoms with Gasteiger partial charge in [-0.05, 0) is 57.5 Å². The summed E-state index contributed by atoms with van der Waals surface area (Å²) in [5.41, 5.74) is -0.385. The second-order valence-electron chi connectivity index (χ2n) is 6.80. The van der Waals surface area contributed by atoms with E-state index in [1.54, 1.807) is 0 Å². The minimum atomic E-state index is -0.867. The minimum Gasteiger partial charge on any atom is -0.399 e. The first-order chi connectivity index (χ1) is 11.6. The average molecular weight is 292 g/mol. The van der Waals surface area contributed by atoms with E-state index >= 15 is 0 Å². The maximum atomic E-state index is 8.66. The van der Waals surface area contributed by atoms with Crippen LogP contribution in [0.1, 0.15) is 57.5 Å². The summed E-state index contributed by atoms with van der Waals surface area (Å²) >= 11 is 0. The van der Waals surface area contributed by atoms with Crippen LogP contribution in [0.4, 0.5) is 0 Å². The van der Waals surface area contributed by atoms with Crippen molar-refractivity contribution in [1.82, 2.24) is 0 Å². The number of benzene rings is 1. The Balaban J connectivity index is 2.10. The molecule has 3 rings (SSSR count). The maximum Gasteiger partial charge on any atom is 0.494 e. The van der Waals surface area contributed by atoms with Gasteiger partial charge in [-0.15, -0.1) is 0 Å². The molecule has 2 fully saturated rings. The fourth-order valence-electron chi connectivity index (χ4n) is 2.64. The normalized spacial score (nSPS) is 27.9. The molecule has 1 aromatic rings. The molecule has 114 valence electrons. The van der Waals surface area contributed by atoms with Crippen molar-refractivity contribution in [2.24, 2.45) is 0 Å². The molecule has 0 bridgehead atoms. The van der Waals surface area contributed by atoms with Crippen LogP contribution in [0.15, 0.2) is 24.2 Å². The lowest BCUT2D eigenvalue weighted by molar-refractivity contribution is 0.00578. The molecule has 0 N–H and O–H groups in total. The van der Waals surface area contributed by atoms with Gasteiger partial charge in [0.15, 0.2) is 0 Å². The summed E-state index contributed by atoms with van der Waals surface area (Å²) < 4.78 is 50.9. The highest BCUT2D eigenvalue weighted by Crippen LogP contribution is 2.36. The Morgan fingerprint density at radius 1 is 1.10 bits per heavy atom. The van der Waals surface area contributed by atoms with Gasteiger partial charge in [0.25, 0.3) is 0 Å². The number of hydrogen-bond acceptors (Lipinski definition) is 3. The summed E-state index contributed by atoms with van der Waals surface area (Å²) in [6, 6.07) is -0.231. The third-order valence-corrected chi connectivity index (χ3v) is 4.78. The van der Waals surface area contributed by atoms with Crippen molar-refractivity contribution in [2.75, 3.05) is 13.2 Å². The lowest BCUT2D eigenvalue weighted by Crippen LogP contribution is -2.41. The van der Waals surface area contributed by atoms with E-state index < -0.39 is 18.3 Å². The number of hydrogen-bond donors (Lipinski definition) is 0. The highest BCUT2D eigenvalue weighted by molar-refractivity contribution is 6.62. The molecule has 0 unspecified atom stereocenters. The summed E-state index contributed by atoms with van der Waals surface area (Å²) in [7, 11) is -0.867. The van der Waals surface area contributed by atoms with Gasteiger partial charge in [-0.2, -0.15) is 0 Å². The topological polar surface area (TPSA) is 27.7 Å². The van der Waals surface area contributed by atoms with Gasteiger partial charge in [-0.25, -0.2) is 0 Å². The van der Waals surface area contributed by atoms with Gasteiger partial charge in [0.2, 0.25) is 0 Å². The molecule has 1 aromatic carbocycles. The predicted octanol–water partition coefficient (Wildman–Crippen LogP) is 2.88. The molecule has 0 aliphatic carbocycles. The van der Waals surface area contributed by atoms with Crippen LogP contribution in [0.2, 0.25) is 0 Å². The third kappa shape index (κ3) is 2.89. The molecule has 21 heavy (non-hydrogen) atoms. The van der Waals surface area contributed by atoms with Crippen LogP contribution >= 0.6 is 0 Å². The van der Waals surface area contributed by atoms with Crippen LogP contribution in [-0.2, 0) is 14.0 Å². The molecular weight excluding hydrogens is 263 g/mol. The Hall–Kier alpha value is -0.835. The zero-order valence-corrected chi connectivity index (χ0v) is 13.2. The zero-order valence-electron chi connectivity index (χ0n) is 17.2. The molecule has 0 amide bonds. The first-order valence-electron chi connectivity index (χ1n) is 9.60. The van der Waals surface area contributed by atoms with Crippen molar-refractivity contribution < 1.29 is 19.5 Å². The van der Waals surface area contributed by atoms with E-state index in [9.17, 15) is 0 Å². The lowest BCUT2D eigenvalue weighted by atomic mass is 9.77. The fourth-order valence-corrected chi connectivity index (χ4v) is 2.64. The summed E-state index contributed by atoms with van der Waals surface area (Å²) in [5, 5.41) is 0. The van der Waals surface area contributed by atoms with Crippen molar-refractivity contribution in [2.45, 2.75) is 57.7 Å². The molecule has 0 spiro atoms. The van der Waals surface area contributed by atoms with Gasteiger partial charge >= 0.3 is 7.12 Å². The zero-order chi connectivity index (χ0) is 18.6. The van der Waals surface area contributed by atoms with E-state index in [0.717, 1.165) is 12.8 Å². The van der Waals surface area contributed by atoms with Crippen LogP contribution in [0.25, 0.3) is 0 Å². The quantitative estimate of drug-likeness (QED) is 0.784. The average Bonchev–Trinajstić information content (AvgIpc) is 2.74. The summed E-state index contributed by atoms with van der Waals surface area (Å²) in [6.45, 7) is 8.84. The van der Waals surface area contributed by atoms with Crippen molar-refractivity contribution in [3.8, 4) is 0 Å². The Morgan fingerprint density at radius 3 is 2.33 bits per heavy atom. The molecule has 2 aliphatic rings. The van der Waals surface area contributed by atoms with Gasteiger partial charge in [-0.3, -0.25) is 0 Å². The monoisotopic (exact) mass is 292 g/mol. The van der Waals surface area contributed by atoms with Gasteiger partial charge < -0.3 is 14.0 Å². The second kappa shape index (κ2) is 5.42. The smallest absolute Gasteiger partial charge is 0.399 e. The first-order valence-corrected chi connectivity index (χ1v) is 7.60. The Kier molecular flexibility index (Phi) is 2.79. The highest BCUT2D eigenvalue weighted by atomic mass is 16.7. The molecular formula is C17H25BO3. The van der Waals surface area contributed by atoms with Gasteiger partial charge in [0.05, 0.1) is 16.7 Å². The Labute approximate surface area is 133 Å². The summed E-state index contributed by atoms with van der Waals surface area (Å²) in [4.78, 5) is 0. The van der Waals surface area contributed by atoms with E-state index in [4.69, 9.17) is 19.5 Å². The second-order valence-corrected chi connectivity index (χ2v) is 6.80. The maximum absolute atomic E-state index is 8.66. The molecule has 3 nitrogen and oxygen atoms in total. The largest absolute Gasteiger partial charge is 0.494 e. The van der Waals surface area contributed by atoms with Crippen LogP contribution in [-0.4, -0.2) is 31.5 Å². The van der Waals surface area contributed by atoms with E-state index in [1.165, 1.54) is 0 Å². The van der Waals surface area contributed by atoms with Crippen LogP contribution in [0.3, 0.4) is 0 Å². The number of rotatable bonds is 2. The minimum absolute atomic E-state index is 0.000349. The van der Waals surface area contributed by atoms with Crippen molar-refractivity contribution in [3.05, 3.63) is 29.7 Å². The van der Waals surface area contributed by atoms with E-state index in [1.807, 2.05) is 27.7 Å². The van der Waals surface area contributed by atoms with Crippen molar-refractivity contribution in [1.29, 1.82) is 0 Å². The highest BCUT2D eigenvalue weighted by Gasteiger charge is 2.51. The fraction of sp³-hybridized carbons (Fsp3) is 0.647. The standard InChI is InChI=1S/C17H25BO3/c1-16(2)17(3,4)21-18(20-16)15-7-5-6-14(12-15)13-8-10-19-11-9-13/h5-7,12-13H,8-11H2,1-4H3/i5D,6D,7D,12D. The van der Waals surface area contributed by atoms with Gasteiger partial charge in [0.1, 0.15) is 0 Å². The Morgan fingerprint density at radius 2 is 1.71 bits per heavy atom. The molecule has 2 aliphatic heterocycles. The number of ether oxygens (including phenoxy) is 1.